The van der Waals surface area contributed by atoms with Crippen LogP contribution in [0.2, 0.25) is 10.0 Å². The minimum atomic E-state index is -0.288. The van der Waals surface area contributed by atoms with Gasteiger partial charge in [0, 0.05) is 16.7 Å². The number of aliphatic hydroxyl groups excluding tert-OH is 1. The fraction of sp³-hybridized carbons (Fsp3) is 0.250. The van der Waals surface area contributed by atoms with Gasteiger partial charge in [-0.25, -0.2) is 4.39 Å². The molecule has 4 heteroatoms. The second-order valence-electron chi connectivity index (χ2n) is 4.82. The lowest BCUT2D eigenvalue weighted by molar-refractivity contribution is 0.224. The molecule has 0 saturated carbocycles. The van der Waals surface area contributed by atoms with Crippen LogP contribution in [0.1, 0.15) is 11.1 Å². The van der Waals surface area contributed by atoms with Crippen molar-refractivity contribution >= 4 is 23.2 Å². The molecule has 20 heavy (non-hydrogen) atoms. The number of benzene rings is 2. The fourth-order valence-electron chi connectivity index (χ4n) is 2.17. The van der Waals surface area contributed by atoms with Crippen LogP contribution in [0.3, 0.4) is 0 Å². The quantitative estimate of drug-likeness (QED) is 0.860. The summed E-state index contributed by atoms with van der Waals surface area (Å²) in [6.45, 7) is -0.00538. The zero-order chi connectivity index (χ0) is 14.5. The number of hydrogen-bond acceptors (Lipinski definition) is 1. The van der Waals surface area contributed by atoms with Crippen molar-refractivity contribution in [3.05, 3.63) is 69.5 Å². The van der Waals surface area contributed by atoms with E-state index in [1.54, 1.807) is 6.07 Å². The minimum Gasteiger partial charge on any atom is -0.396 e. The first kappa shape index (κ1) is 15.3. The summed E-state index contributed by atoms with van der Waals surface area (Å²) in [6.07, 6.45) is 1.12. The first-order chi connectivity index (χ1) is 9.58. The summed E-state index contributed by atoms with van der Waals surface area (Å²) in [5, 5.41) is 10.7. The van der Waals surface area contributed by atoms with Gasteiger partial charge in [-0.15, -0.1) is 0 Å². The molecular formula is C16H15Cl2FO. The maximum atomic E-state index is 13.7. The molecule has 106 valence electrons. The molecule has 0 aliphatic heterocycles. The third-order valence-electron chi connectivity index (χ3n) is 3.21. The second-order valence-corrected chi connectivity index (χ2v) is 5.69. The SMILES string of the molecule is OCC(Cc1ccc(Cl)cc1)Cc1cc(Cl)ccc1F. The number of aliphatic hydroxyl groups is 1. The Balaban J connectivity index is 2.08. The van der Waals surface area contributed by atoms with Gasteiger partial charge in [0.1, 0.15) is 5.82 Å². The van der Waals surface area contributed by atoms with Crippen LogP contribution in [0.5, 0.6) is 0 Å². The largest absolute Gasteiger partial charge is 0.396 e. The summed E-state index contributed by atoms with van der Waals surface area (Å²) in [7, 11) is 0. The molecule has 0 bridgehead atoms. The van der Waals surface area contributed by atoms with Gasteiger partial charge in [-0.05, 0) is 60.2 Å². The van der Waals surface area contributed by atoms with Gasteiger partial charge in [-0.3, -0.25) is 0 Å². The van der Waals surface area contributed by atoms with Crippen molar-refractivity contribution in [1.82, 2.24) is 0 Å². The lowest BCUT2D eigenvalue weighted by atomic mass is 9.93. The molecule has 0 aliphatic rings. The summed E-state index contributed by atoms with van der Waals surface area (Å²) in [4.78, 5) is 0. The molecule has 2 rings (SSSR count). The normalized spacial score (nSPS) is 12.4. The van der Waals surface area contributed by atoms with Crippen molar-refractivity contribution in [2.75, 3.05) is 6.61 Å². The molecule has 2 aromatic carbocycles. The Morgan fingerprint density at radius 2 is 1.60 bits per heavy atom. The summed E-state index contributed by atoms with van der Waals surface area (Å²) >= 11 is 11.7. The molecule has 2 aromatic rings. The summed E-state index contributed by atoms with van der Waals surface area (Å²) in [5.41, 5.74) is 1.60. The topological polar surface area (TPSA) is 20.2 Å². The third kappa shape index (κ3) is 4.20. The molecule has 0 fully saturated rings. The van der Waals surface area contributed by atoms with Crippen LogP contribution >= 0.6 is 23.2 Å². The molecule has 0 saturated heterocycles. The van der Waals surface area contributed by atoms with Gasteiger partial charge in [0.2, 0.25) is 0 Å². The Kier molecular flexibility index (Phi) is 5.41. The smallest absolute Gasteiger partial charge is 0.126 e. The highest BCUT2D eigenvalue weighted by molar-refractivity contribution is 6.30. The molecule has 1 N–H and O–H groups in total. The van der Waals surface area contributed by atoms with Gasteiger partial charge in [-0.1, -0.05) is 35.3 Å². The Bertz CT molecular complexity index is 569. The maximum absolute atomic E-state index is 13.7. The summed E-state index contributed by atoms with van der Waals surface area (Å²) in [6, 6.07) is 11.9. The predicted molar refractivity (Wildman–Crippen MR) is 80.8 cm³/mol. The molecular weight excluding hydrogens is 298 g/mol. The van der Waals surface area contributed by atoms with E-state index < -0.39 is 0 Å². The third-order valence-corrected chi connectivity index (χ3v) is 3.70. The molecule has 0 radical (unpaired) electrons. The Morgan fingerprint density at radius 3 is 2.25 bits per heavy atom. The van der Waals surface area contributed by atoms with E-state index in [0.717, 1.165) is 5.56 Å². The van der Waals surface area contributed by atoms with E-state index >= 15 is 0 Å². The van der Waals surface area contributed by atoms with Gasteiger partial charge in [0.25, 0.3) is 0 Å². The highest BCUT2D eigenvalue weighted by atomic mass is 35.5. The molecule has 1 nitrogen and oxygen atoms in total. The number of rotatable bonds is 5. The van der Waals surface area contributed by atoms with Gasteiger partial charge in [-0.2, -0.15) is 0 Å². The van der Waals surface area contributed by atoms with E-state index in [1.807, 2.05) is 24.3 Å². The van der Waals surface area contributed by atoms with Crippen molar-refractivity contribution in [3.63, 3.8) is 0 Å². The first-order valence-corrected chi connectivity index (χ1v) is 7.13. The number of hydrogen-bond donors (Lipinski definition) is 1. The van der Waals surface area contributed by atoms with Crippen LogP contribution in [0.25, 0.3) is 0 Å². The van der Waals surface area contributed by atoms with Gasteiger partial charge < -0.3 is 5.11 Å². The predicted octanol–water partition coefficient (Wildman–Crippen LogP) is 4.53. The Hall–Kier alpha value is -1.09. The van der Waals surface area contributed by atoms with Crippen molar-refractivity contribution in [2.45, 2.75) is 12.8 Å². The highest BCUT2D eigenvalue weighted by Gasteiger charge is 2.13. The van der Waals surface area contributed by atoms with Gasteiger partial charge in [0.05, 0.1) is 0 Å². The lowest BCUT2D eigenvalue weighted by Gasteiger charge is -2.15. The van der Waals surface area contributed by atoms with E-state index in [9.17, 15) is 9.50 Å². The molecule has 0 heterocycles. The Morgan fingerprint density at radius 1 is 0.950 bits per heavy atom. The van der Waals surface area contributed by atoms with Crippen LogP contribution in [0.4, 0.5) is 4.39 Å². The first-order valence-electron chi connectivity index (χ1n) is 6.37. The van der Waals surface area contributed by atoms with Gasteiger partial charge >= 0.3 is 0 Å². The van der Waals surface area contributed by atoms with Gasteiger partial charge in [0.15, 0.2) is 0 Å². The van der Waals surface area contributed by atoms with E-state index in [0.29, 0.717) is 28.5 Å². The monoisotopic (exact) mass is 312 g/mol. The number of halogens is 3. The van der Waals surface area contributed by atoms with E-state index in [-0.39, 0.29) is 18.3 Å². The zero-order valence-electron chi connectivity index (χ0n) is 10.8. The highest BCUT2D eigenvalue weighted by Crippen LogP contribution is 2.21. The maximum Gasteiger partial charge on any atom is 0.126 e. The average molecular weight is 313 g/mol. The van der Waals surface area contributed by atoms with Crippen molar-refractivity contribution < 1.29 is 9.50 Å². The molecule has 0 spiro atoms. The molecule has 0 amide bonds. The van der Waals surface area contributed by atoms with E-state index in [2.05, 4.69) is 0 Å². The molecule has 1 atom stereocenters. The fourth-order valence-corrected chi connectivity index (χ4v) is 2.49. The molecule has 1 unspecified atom stereocenters. The average Bonchev–Trinajstić information content (AvgIpc) is 2.44. The lowest BCUT2D eigenvalue weighted by Crippen LogP contribution is -2.13. The van der Waals surface area contributed by atoms with Crippen LogP contribution < -0.4 is 0 Å². The standard InChI is InChI=1S/C16H15Cl2FO/c17-14-3-1-11(2-4-14)7-12(10-20)8-13-9-15(18)5-6-16(13)19/h1-6,9,12,20H,7-8,10H2. The zero-order valence-corrected chi connectivity index (χ0v) is 12.3. The molecule has 0 aliphatic carbocycles. The van der Waals surface area contributed by atoms with Crippen LogP contribution in [-0.2, 0) is 12.8 Å². The van der Waals surface area contributed by atoms with Crippen molar-refractivity contribution in [1.29, 1.82) is 0 Å². The van der Waals surface area contributed by atoms with Crippen LogP contribution in [0.15, 0.2) is 42.5 Å². The second kappa shape index (κ2) is 7.07. The van der Waals surface area contributed by atoms with E-state index in [1.165, 1.54) is 12.1 Å². The van der Waals surface area contributed by atoms with Crippen LogP contribution in [-0.4, -0.2) is 11.7 Å². The van der Waals surface area contributed by atoms with Crippen LogP contribution in [0, 0.1) is 11.7 Å². The van der Waals surface area contributed by atoms with E-state index in [4.69, 9.17) is 23.2 Å². The molecule has 0 aromatic heterocycles. The minimum absolute atomic E-state index is 0.00538. The van der Waals surface area contributed by atoms with Crippen molar-refractivity contribution in [2.24, 2.45) is 5.92 Å². The summed E-state index contributed by atoms with van der Waals surface area (Å²) < 4.78 is 13.7. The summed E-state index contributed by atoms with van der Waals surface area (Å²) in [5.74, 6) is -0.340. The Labute approximate surface area is 128 Å². The van der Waals surface area contributed by atoms with Crippen molar-refractivity contribution in [3.8, 4) is 0 Å².